The average Bonchev–Trinajstić information content (AvgIpc) is 2.59. The molecule has 1 aromatic carbocycles. The van der Waals surface area contributed by atoms with Gasteiger partial charge in [-0.1, -0.05) is 24.6 Å². The largest absolute Gasteiger partial charge is 0.351 e. The van der Waals surface area contributed by atoms with E-state index >= 15 is 0 Å². The fourth-order valence-corrected chi connectivity index (χ4v) is 3.12. The van der Waals surface area contributed by atoms with Crippen molar-refractivity contribution in [1.29, 1.82) is 0 Å². The van der Waals surface area contributed by atoms with Crippen molar-refractivity contribution in [3.63, 3.8) is 0 Å². The van der Waals surface area contributed by atoms with Gasteiger partial charge in [0.1, 0.15) is 6.33 Å². The number of hydrogen-bond acceptors (Lipinski definition) is 5. The number of sulfonamides is 1. The maximum atomic E-state index is 12.1. The highest BCUT2D eigenvalue weighted by Gasteiger charge is 2.14. The lowest BCUT2D eigenvalue weighted by molar-refractivity contribution is 0.0952. The minimum Gasteiger partial charge on any atom is -0.351 e. The highest BCUT2D eigenvalue weighted by Crippen LogP contribution is 2.09. The Hall–Kier alpha value is -2.32. The molecule has 2 aromatic rings. The molecule has 1 amide bonds. The number of rotatable bonds is 7. The first-order valence-electron chi connectivity index (χ1n) is 7.57. The van der Waals surface area contributed by atoms with Crippen LogP contribution >= 0.6 is 0 Å². The molecule has 7 nitrogen and oxygen atoms in total. The normalized spacial score (nSPS) is 11.2. The van der Waals surface area contributed by atoms with Crippen molar-refractivity contribution in [2.45, 2.75) is 25.2 Å². The molecule has 0 aliphatic rings. The van der Waals surface area contributed by atoms with Crippen LogP contribution in [0.25, 0.3) is 0 Å². The van der Waals surface area contributed by atoms with E-state index in [0.29, 0.717) is 17.7 Å². The number of hydrogen-bond donors (Lipinski definition) is 2. The zero-order chi connectivity index (χ0) is 17.6. The van der Waals surface area contributed by atoms with Gasteiger partial charge in [0.15, 0.2) is 0 Å². The van der Waals surface area contributed by atoms with Gasteiger partial charge in [-0.05, 0) is 25.5 Å². The van der Waals surface area contributed by atoms with E-state index in [2.05, 4.69) is 20.0 Å². The monoisotopic (exact) mass is 348 g/mol. The van der Waals surface area contributed by atoms with Crippen LogP contribution < -0.4 is 10.0 Å². The van der Waals surface area contributed by atoms with Crippen molar-refractivity contribution < 1.29 is 13.2 Å². The number of carbonyl (C=O) groups excluding carboxylic acids is 1. The SMILES string of the molecule is CCc1ncncc1C(=O)NCCNS(=O)(=O)c1ccc(C)cc1. The van der Waals surface area contributed by atoms with E-state index in [1.807, 2.05) is 13.8 Å². The van der Waals surface area contributed by atoms with Crippen molar-refractivity contribution in [3.05, 3.63) is 53.6 Å². The Kier molecular flexibility index (Phi) is 5.99. The Balaban J connectivity index is 1.88. The number of carbonyl (C=O) groups is 1. The molecular weight excluding hydrogens is 328 g/mol. The summed E-state index contributed by atoms with van der Waals surface area (Å²) in [5.41, 5.74) is 2.04. The van der Waals surface area contributed by atoms with Crippen LogP contribution in [0.15, 0.2) is 41.7 Å². The molecule has 2 rings (SSSR count). The molecule has 0 saturated carbocycles. The summed E-state index contributed by atoms with van der Waals surface area (Å²) >= 11 is 0. The van der Waals surface area contributed by atoms with E-state index in [4.69, 9.17) is 0 Å². The first-order chi connectivity index (χ1) is 11.4. The predicted octanol–water partition coefficient (Wildman–Crippen LogP) is 1.06. The molecule has 1 heterocycles. The summed E-state index contributed by atoms with van der Waals surface area (Å²) in [5.74, 6) is -0.318. The third-order valence-electron chi connectivity index (χ3n) is 3.41. The molecular formula is C16H20N4O3S. The Morgan fingerprint density at radius 2 is 1.88 bits per heavy atom. The molecule has 0 spiro atoms. The minimum absolute atomic E-state index is 0.0943. The minimum atomic E-state index is -3.58. The quantitative estimate of drug-likeness (QED) is 0.729. The van der Waals surface area contributed by atoms with Crippen LogP contribution in [-0.2, 0) is 16.4 Å². The molecule has 0 saturated heterocycles. The van der Waals surface area contributed by atoms with Gasteiger partial charge in [0, 0.05) is 19.3 Å². The van der Waals surface area contributed by atoms with Crippen LogP contribution in [-0.4, -0.2) is 37.4 Å². The van der Waals surface area contributed by atoms with E-state index < -0.39 is 10.0 Å². The average molecular weight is 348 g/mol. The van der Waals surface area contributed by atoms with Gasteiger partial charge in [-0.3, -0.25) is 4.79 Å². The Morgan fingerprint density at radius 1 is 1.17 bits per heavy atom. The number of nitrogens with zero attached hydrogens (tertiary/aromatic N) is 2. The molecule has 8 heteroatoms. The van der Waals surface area contributed by atoms with Crippen LogP contribution in [0.1, 0.15) is 28.5 Å². The van der Waals surface area contributed by atoms with Crippen molar-refractivity contribution in [1.82, 2.24) is 20.0 Å². The molecule has 2 N–H and O–H groups in total. The van der Waals surface area contributed by atoms with Gasteiger partial charge in [0.25, 0.3) is 5.91 Å². The van der Waals surface area contributed by atoms with Crippen molar-refractivity contribution >= 4 is 15.9 Å². The summed E-state index contributed by atoms with van der Waals surface area (Å²) in [5, 5.41) is 2.66. The lowest BCUT2D eigenvalue weighted by Crippen LogP contribution is -2.35. The molecule has 0 aliphatic carbocycles. The van der Waals surface area contributed by atoms with Gasteiger partial charge in [-0.2, -0.15) is 0 Å². The number of benzene rings is 1. The predicted molar refractivity (Wildman–Crippen MR) is 90.1 cm³/mol. The number of amides is 1. The molecule has 24 heavy (non-hydrogen) atoms. The van der Waals surface area contributed by atoms with Crippen LogP contribution in [0.4, 0.5) is 0 Å². The summed E-state index contributed by atoms with van der Waals surface area (Å²) < 4.78 is 26.7. The molecule has 0 fully saturated rings. The second-order valence-corrected chi connectivity index (χ2v) is 6.97. The van der Waals surface area contributed by atoms with Crippen molar-refractivity contribution in [3.8, 4) is 0 Å². The lowest BCUT2D eigenvalue weighted by atomic mass is 10.2. The van der Waals surface area contributed by atoms with E-state index in [9.17, 15) is 13.2 Å². The van der Waals surface area contributed by atoms with Gasteiger partial charge < -0.3 is 5.32 Å². The molecule has 0 aliphatic heterocycles. The summed E-state index contributed by atoms with van der Waals surface area (Å²) in [6.45, 7) is 4.05. The maximum Gasteiger partial charge on any atom is 0.254 e. The standard InChI is InChI=1S/C16H20N4O3S/c1-3-15-14(10-17-11-19-15)16(21)18-8-9-20-24(22,23)13-6-4-12(2)5-7-13/h4-7,10-11,20H,3,8-9H2,1-2H3,(H,18,21). The topological polar surface area (TPSA) is 101 Å². The molecule has 1 aromatic heterocycles. The highest BCUT2D eigenvalue weighted by atomic mass is 32.2. The van der Waals surface area contributed by atoms with Crippen LogP contribution in [0, 0.1) is 6.92 Å². The van der Waals surface area contributed by atoms with E-state index in [1.54, 1.807) is 24.3 Å². The van der Waals surface area contributed by atoms with E-state index in [0.717, 1.165) is 5.56 Å². The summed E-state index contributed by atoms with van der Waals surface area (Å²) in [4.78, 5) is 20.2. The van der Waals surface area contributed by atoms with E-state index in [-0.39, 0.29) is 23.9 Å². The Labute approximate surface area is 141 Å². The summed E-state index contributed by atoms with van der Waals surface area (Å²) in [6, 6.07) is 6.56. The molecule has 0 radical (unpaired) electrons. The maximum absolute atomic E-state index is 12.1. The fraction of sp³-hybridized carbons (Fsp3) is 0.312. The smallest absolute Gasteiger partial charge is 0.254 e. The Bertz CT molecular complexity index is 804. The van der Waals surface area contributed by atoms with Crippen molar-refractivity contribution in [2.75, 3.05) is 13.1 Å². The Morgan fingerprint density at radius 3 is 2.54 bits per heavy atom. The number of aromatic nitrogens is 2. The van der Waals surface area contributed by atoms with Gasteiger partial charge >= 0.3 is 0 Å². The highest BCUT2D eigenvalue weighted by molar-refractivity contribution is 7.89. The molecule has 0 atom stereocenters. The second-order valence-electron chi connectivity index (χ2n) is 5.20. The third-order valence-corrected chi connectivity index (χ3v) is 4.89. The number of nitrogens with one attached hydrogen (secondary N) is 2. The number of aryl methyl sites for hydroxylation is 2. The van der Waals surface area contributed by atoms with E-state index in [1.165, 1.54) is 12.5 Å². The first-order valence-corrected chi connectivity index (χ1v) is 9.05. The van der Waals surface area contributed by atoms with Crippen LogP contribution in [0.5, 0.6) is 0 Å². The van der Waals surface area contributed by atoms with Crippen LogP contribution in [0.2, 0.25) is 0 Å². The molecule has 0 bridgehead atoms. The van der Waals surface area contributed by atoms with Crippen molar-refractivity contribution in [2.24, 2.45) is 0 Å². The molecule has 128 valence electrons. The van der Waals surface area contributed by atoms with Gasteiger partial charge in [-0.25, -0.2) is 23.1 Å². The zero-order valence-corrected chi connectivity index (χ0v) is 14.4. The second kappa shape index (κ2) is 7.98. The van der Waals surface area contributed by atoms with Gasteiger partial charge in [0.2, 0.25) is 10.0 Å². The summed E-state index contributed by atoms with van der Waals surface area (Å²) in [7, 11) is -3.58. The zero-order valence-electron chi connectivity index (χ0n) is 13.6. The first kappa shape index (κ1) is 18.0. The molecule has 0 unspecified atom stereocenters. The third kappa shape index (κ3) is 4.59. The van der Waals surface area contributed by atoms with Gasteiger partial charge in [-0.15, -0.1) is 0 Å². The summed E-state index contributed by atoms with van der Waals surface area (Å²) in [6.07, 6.45) is 3.47. The lowest BCUT2D eigenvalue weighted by Gasteiger charge is -2.09. The van der Waals surface area contributed by atoms with Gasteiger partial charge in [0.05, 0.1) is 16.2 Å². The fourth-order valence-electron chi connectivity index (χ4n) is 2.08. The van der Waals surface area contributed by atoms with Crippen LogP contribution in [0.3, 0.4) is 0 Å².